The SMILES string of the molecule is CC(C)Oc1cc(C#N)ccc1C1=NC(c2ccccc2Br)C(c2ccc(Cl)cc2)N1C(=O)N1CCNC(=O)C1. The highest BCUT2D eigenvalue weighted by molar-refractivity contribution is 9.10. The molecule has 2 aliphatic heterocycles. The number of nitriles is 1. The Balaban J connectivity index is 1.73. The number of urea groups is 1. The minimum atomic E-state index is -0.550. The van der Waals surface area contributed by atoms with Crippen molar-refractivity contribution in [3.63, 3.8) is 0 Å². The summed E-state index contributed by atoms with van der Waals surface area (Å²) in [7, 11) is 0. The van der Waals surface area contributed by atoms with Crippen LogP contribution in [0.5, 0.6) is 5.75 Å². The number of amides is 3. The number of hydrogen-bond acceptors (Lipinski definition) is 5. The zero-order valence-electron chi connectivity index (χ0n) is 22.0. The third-order valence-electron chi connectivity index (χ3n) is 6.73. The van der Waals surface area contributed by atoms with Gasteiger partial charge in [0.1, 0.15) is 24.2 Å². The molecule has 10 heteroatoms. The van der Waals surface area contributed by atoms with Crippen molar-refractivity contribution in [3.05, 3.63) is 98.5 Å². The first-order valence-electron chi connectivity index (χ1n) is 12.9. The van der Waals surface area contributed by atoms with Gasteiger partial charge in [-0.1, -0.05) is 57.9 Å². The van der Waals surface area contributed by atoms with Crippen LogP contribution < -0.4 is 10.1 Å². The van der Waals surface area contributed by atoms with Crippen LogP contribution in [0.4, 0.5) is 4.79 Å². The number of carbonyl (C=O) groups is 2. The summed E-state index contributed by atoms with van der Waals surface area (Å²) in [6, 6.07) is 21.0. The Hall–Kier alpha value is -3.87. The summed E-state index contributed by atoms with van der Waals surface area (Å²) in [5.74, 6) is 0.631. The van der Waals surface area contributed by atoms with Crippen LogP contribution in [-0.4, -0.2) is 53.3 Å². The number of rotatable bonds is 5. The molecule has 2 unspecified atom stereocenters. The number of nitrogens with zero attached hydrogens (tertiary/aromatic N) is 4. The minimum Gasteiger partial charge on any atom is -0.490 e. The van der Waals surface area contributed by atoms with E-state index < -0.39 is 12.1 Å². The van der Waals surface area contributed by atoms with Crippen LogP contribution in [0, 0.1) is 11.3 Å². The molecule has 40 heavy (non-hydrogen) atoms. The van der Waals surface area contributed by atoms with Gasteiger partial charge < -0.3 is 15.0 Å². The Kier molecular flexibility index (Phi) is 8.10. The number of piperazine rings is 1. The normalized spacial score (nSPS) is 18.8. The summed E-state index contributed by atoms with van der Waals surface area (Å²) in [4.78, 5) is 35.0. The molecule has 0 aliphatic carbocycles. The molecule has 1 fully saturated rings. The third-order valence-corrected chi connectivity index (χ3v) is 7.71. The molecular formula is C30H27BrClN5O3. The fourth-order valence-corrected chi connectivity index (χ4v) is 5.62. The fraction of sp³-hybridized carbons (Fsp3) is 0.267. The Labute approximate surface area is 246 Å². The van der Waals surface area contributed by atoms with E-state index in [9.17, 15) is 14.9 Å². The van der Waals surface area contributed by atoms with E-state index in [0.717, 1.165) is 15.6 Å². The average Bonchev–Trinajstić information content (AvgIpc) is 3.33. The Morgan fingerprint density at radius 1 is 1.18 bits per heavy atom. The Morgan fingerprint density at radius 3 is 2.60 bits per heavy atom. The minimum absolute atomic E-state index is 0.0572. The first kappa shape index (κ1) is 27.7. The van der Waals surface area contributed by atoms with Gasteiger partial charge in [0, 0.05) is 22.6 Å². The zero-order chi connectivity index (χ0) is 28.4. The molecule has 5 rings (SSSR count). The van der Waals surface area contributed by atoms with E-state index in [0.29, 0.717) is 40.8 Å². The fourth-order valence-electron chi connectivity index (χ4n) is 4.97. The Morgan fingerprint density at radius 2 is 1.93 bits per heavy atom. The van der Waals surface area contributed by atoms with Crippen molar-refractivity contribution < 1.29 is 14.3 Å². The highest BCUT2D eigenvalue weighted by atomic mass is 79.9. The lowest BCUT2D eigenvalue weighted by Gasteiger charge is -2.36. The monoisotopic (exact) mass is 619 g/mol. The van der Waals surface area contributed by atoms with Crippen LogP contribution in [0.1, 0.15) is 48.2 Å². The van der Waals surface area contributed by atoms with Crippen molar-refractivity contribution >= 4 is 45.3 Å². The maximum Gasteiger partial charge on any atom is 0.326 e. The van der Waals surface area contributed by atoms with E-state index in [1.165, 1.54) is 4.90 Å². The van der Waals surface area contributed by atoms with Crippen LogP contribution >= 0.6 is 27.5 Å². The average molecular weight is 621 g/mol. The Bertz CT molecular complexity index is 1520. The third kappa shape index (κ3) is 5.55. The van der Waals surface area contributed by atoms with Gasteiger partial charge in [-0.2, -0.15) is 5.26 Å². The van der Waals surface area contributed by atoms with Gasteiger partial charge >= 0.3 is 6.03 Å². The second kappa shape index (κ2) is 11.7. The molecule has 2 aliphatic rings. The number of carbonyl (C=O) groups excluding carboxylic acids is 2. The van der Waals surface area contributed by atoms with E-state index in [1.54, 1.807) is 35.2 Å². The summed E-state index contributed by atoms with van der Waals surface area (Å²) < 4.78 is 6.99. The number of halogens is 2. The summed E-state index contributed by atoms with van der Waals surface area (Å²) in [6.07, 6.45) is -0.184. The molecule has 3 aromatic rings. The quantitative estimate of drug-likeness (QED) is 0.387. The largest absolute Gasteiger partial charge is 0.490 e. The molecule has 0 aromatic heterocycles. The summed E-state index contributed by atoms with van der Waals surface area (Å²) in [6.45, 7) is 4.47. The van der Waals surface area contributed by atoms with Crippen molar-refractivity contribution in [3.8, 4) is 11.8 Å². The van der Waals surface area contributed by atoms with E-state index >= 15 is 0 Å². The molecule has 3 aromatic carbocycles. The van der Waals surface area contributed by atoms with Crippen LogP contribution in [0.25, 0.3) is 0 Å². The lowest BCUT2D eigenvalue weighted by Crippen LogP contribution is -2.55. The second-order valence-corrected chi connectivity index (χ2v) is 11.1. The summed E-state index contributed by atoms with van der Waals surface area (Å²) in [5, 5.41) is 12.9. The topological polar surface area (TPSA) is 98.0 Å². The molecule has 204 valence electrons. The number of nitrogens with one attached hydrogen (secondary N) is 1. The number of ether oxygens (including phenoxy) is 1. The predicted octanol–water partition coefficient (Wildman–Crippen LogP) is 5.86. The van der Waals surface area contributed by atoms with Gasteiger partial charge in [-0.25, -0.2) is 4.79 Å². The maximum absolute atomic E-state index is 14.4. The molecule has 1 N–H and O–H groups in total. The highest BCUT2D eigenvalue weighted by Crippen LogP contribution is 2.47. The lowest BCUT2D eigenvalue weighted by atomic mass is 9.93. The molecule has 0 bridgehead atoms. The van der Waals surface area contributed by atoms with E-state index in [1.807, 2.05) is 50.2 Å². The van der Waals surface area contributed by atoms with Crippen molar-refractivity contribution in [2.45, 2.75) is 32.0 Å². The van der Waals surface area contributed by atoms with Crippen molar-refractivity contribution in [2.75, 3.05) is 19.6 Å². The molecule has 0 radical (unpaired) electrons. The summed E-state index contributed by atoms with van der Waals surface area (Å²) in [5.41, 5.74) is 2.74. The number of hydrogen-bond donors (Lipinski definition) is 1. The number of amidine groups is 1. The van der Waals surface area contributed by atoms with Gasteiger partial charge in [0.2, 0.25) is 5.91 Å². The van der Waals surface area contributed by atoms with Crippen molar-refractivity contribution in [1.82, 2.24) is 15.1 Å². The molecule has 0 spiro atoms. The van der Waals surface area contributed by atoms with E-state index in [2.05, 4.69) is 27.3 Å². The summed E-state index contributed by atoms with van der Waals surface area (Å²) >= 11 is 9.93. The molecule has 3 amide bonds. The second-order valence-electron chi connectivity index (χ2n) is 9.83. The maximum atomic E-state index is 14.4. The standard InChI is InChI=1S/C30H27BrClN5O3/c1-18(2)40-25-15-19(16-33)7-12-23(25)29-35-27(22-5-3-4-6-24(22)31)28(20-8-10-21(32)11-9-20)37(29)30(39)36-14-13-34-26(38)17-36/h3-12,15,18,27-28H,13-14,17H2,1-2H3,(H,34,38). The molecule has 2 heterocycles. The van der Waals surface area contributed by atoms with Crippen LogP contribution in [0.15, 0.2) is 76.2 Å². The van der Waals surface area contributed by atoms with E-state index in [-0.39, 0.29) is 24.6 Å². The molecule has 2 atom stereocenters. The van der Waals surface area contributed by atoms with Crippen LogP contribution in [0.2, 0.25) is 5.02 Å². The molecule has 0 saturated carbocycles. The smallest absolute Gasteiger partial charge is 0.326 e. The zero-order valence-corrected chi connectivity index (χ0v) is 24.3. The lowest BCUT2D eigenvalue weighted by molar-refractivity contribution is -0.123. The van der Waals surface area contributed by atoms with Crippen molar-refractivity contribution in [1.29, 1.82) is 5.26 Å². The van der Waals surface area contributed by atoms with Gasteiger partial charge in [-0.15, -0.1) is 0 Å². The van der Waals surface area contributed by atoms with Crippen LogP contribution in [0.3, 0.4) is 0 Å². The van der Waals surface area contributed by atoms with E-state index in [4.69, 9.17) is 21.3 Å². The number of benzene rings is 3. The van der Waals surface area contributed by atoms with Gasteiger partial charge in [0.05, 0.1) is 29.3 Å². The van der Waals surface area contributed by atoms with Crippen molar-refractivity contribution in [2.24, 2.45) is 4.99 Å². The van der Waals surface area contributed by atoms with Gasteiger partial charge in [0.25, 0.3) is 0 Å². The van der Waals surface area contributed by atoms with Gasteiger partial charge in [-0.3, -0.25) is 14.7 Å². The predicted molar refractivity (Wildman–Crippen MR) is 156 cm³/mol. The molecule has 1 saturated heterocycles. The van der Waals surface area contributed by atoms with Gasteiger partial charge in [0.15, 0.2) is 0 Å². The van der Waals surface area contributed by atoms with Crippen LogP contribution in [-0.2, 0) is 4.79 Å². The molecule has 8 nitrogen and oxygen atoms in total. The van der Waals surface area contributed by atoms with Gasteiger partial charge in [-0.05, 0) is 61.4 Å². The molecular weight excluding hydrogens is 594 g/mol. The highest BCUT2D eigenvalue weighted by Gasteiger charge is 2.45. The number of aliphatic imine (C=N–C) groups is 1. The first-order chi connectivity index (χ1) is 19.3. The first-order valence-corrected chi connectivity index (χ1v) is 14.1.